The van der Waals surface area contributed by atoms with E-state index in [-0.39, 0.29) is 11.8 Å². The molecular formula is C24H38N4O2. The summed E-state index contributed by atoms with van der Waals surface area (Å²) in [6, 6.07) is 8.65. The van der Waals surface area contributed by atoms with Gasteiger partial charge < -0.3 is 10.6 Å². The molecule has 2 N–H and O–H groups in total. The predicted octanol–water partition coefficient (Wildman–Crippen LogP) is 3.24. The van der Waals surface area contributed by atoms with Gasteiger partial charge in [0.2, 0.25) is 11.8 Å². The number of likely N-dealkylation sites (tertiary alicyclic amines) is 2. The first-order valence-corrected chi connectivity index (χ1v) is 11.6. The van der Waals surface area contributed by atoms with Crippen molar-refractivity contribution < 1.29 is 9.59 Å². The highest BCUT2D eigenvalue weighted by atomic mass is 16.2. The second kappa shape index (κ2) is 11.5. The van der Waals surface area contributed by atoms with Crippen molar-refractivity contribution in [2.45, 2.75) is 65.0 Å². The third kappa shape index (κ3) is 7.10. The molecule has 2 aliphatic rings. The highest BCUT2D eigenvalue weighted by molar-refractivity contribution is 5.88. The molecule has 2 saturated heterocycles. The lowest BCUT2D eigenvalue weighted by molar-refractivity contribution is -0.121. The number of nitrogens with one attached hydrogen (secondary N) is 2. The second-order valence-corrected chi connectivity index (χ2v) is 8.87. The van der Waals surface area contributed by atoms with Gasteiger partial charge >= 0.3 is 0 Å². The monoisotopic (exact) mass is 414 g/mol. The summed E-state index contributed by atoms with van der Waals surface area (Å²) < 4.78 is 0. The number of carbonyl (C=O) groups is 2. The van der Waals surface area contributed by atoms with Crippen LogP contribution in [0, 0.1) is 5.92 Å². The first-order valence-electron chi connectivity index (χ1n) is 11.6. The van der Waals surface area contributed by atoms with Crippen LogP contribution in [0.5, 0.6) is 0 Å². The first-order chi connectivity index (χ1) is 14.5. The smallest absolute Gasteiger partial charge is 0.221 e. The first kappa shape index (κ1) is 22.8. The quantitative estimate of drug-likeness (QED) is 0.651. The van der Waals surface area contributed by atoms with E-state index in [2.05, 4.69) is 39.5 Å². The molecule has 0 unspecified atom stereocenters. The average Bonchev–Trinajstić information content (AvgIpc) is 3.20. The van der Waals surface area contributed by atoms with Gasteiger partial charge in [0.1, 0.15) is 0 Å². The van der Waals surface area contributed by atoms with Crippen LogP contribution in [0.4, 0.5) is 5.69 Å². The number of likely N-dealkylation sites (N-methyl/N-ethyl adjacent to an activating group) is 1. The van der Waals surface area contributed by atoms with E-state index in [0.29, 0.717) is 18.4 Å². The topological polar surface area (TPSA) is 64.7 Å². The molecule has 2 fully saturated rings. The Morgan fingerprint density at radius 2 is 1.80 bits per heavy atom. The second-order valence-electron chi connectivity index (χ2n) is 8.87. The summed E-state index contributed by atoms with van der Waals surface area (Å²) in [7, 11) is 0. The van der Waals surface area contributed by atoms with E-state index in [1.807, 2.05) is 12.1 Å². The van der Waals surface area contributed by atoms with Gasteiger partial charge in [-0.25, -0.2) is 0 Å². The van der Waals surface area contributed by atoms with Crippen LogP contribution < -0.4 is 10.6 Å². The molecule has 0 bridgehead atoms. The fourth-order valence-electron chi connectivity index (χ4n) is 4.79. The number of rotatable bonds is 9. The van der Waals surface area contributed by atoms with Crippen molar-refractivity contribution in [3.63, 3.8) is 0 Å². The summed E-state index contributed by atoms with van der Waals surface area (Å²) in [5, 5.41) is 5.98. The Labute approximate surface area is 181 Å². The number of amides is 2. The van der Waals surface area contributed by atoms with Gasteiger partial charge in [0.15, 0.2) is 0 Å². The van der Waals surface area contributed by atoms with Crippen molar-refractivity contribution in [2.75, 3.05) is 38.0 Å². The number of piperidine rings is 1. The minimum Gasteiger partial charge on any atom is -0.355 e. The highest BCUT2D eigenvalue weighted by Crippen LogP contribution is 2.23. The third-order valence-corrected chi connectivity index (χ3v) is 6.61. The van der Waals surface area contributed by atoms with Crippen LogP contribution >= 0.6 is 0 Å². The zero-order valence-electron chi connectivity index (χ0n) is 18.7. The Hall–Kier alpha value is -1.92. The number of anilines is 1. The molecule has 1 aromatic rings. The molecule has 0 spiro atoms. The van der Waals surface area contributed by atoms with Crippen LogP contribution in [0.1, 0.15) is 57.9 Å². The van der Waals surface area contributed by atoms with Gasteiger partial charge in [0.05, 0.1) is 0 Å². The van der Waals surface area contributed by atoms with Crippen molar-refractivity contribution in [2.24, 2.45) is 5.92 Å². The molecule has 3 rings (SSSR count). The minimum atomic E-state index is -0.0417. The molecule has 166 valence electrons. The van der Waals surface area contributed by atoms with Crippen LogP contribution in [0.2, 0.25) is 0 Å². The summed E-state index contributed by atoms with van der Waals surface area (Å²) in [4.78, 5) is 28.4. The maximum absolute atomic E-state index is 12.3. The standard InChI is InChI=1S/C24H38N4O2/c1-3-28-14-4-5-23(28)17-25-24(30)11-8-20-12-15-27(16-13-20)18-21-6-9-22(10-7-21)26-19(2)29/h6-7,9-10,20,23H,3-5,8,11-18H2,1-2H3,(H,25,30)(H,26,29)/t23-/m0/s1. The summed E-state index contributed by atoms with van der Waals surface area (Å²) in [5.74, 6) is 0.840. The molecule has 1 aromatic carbocycles. The zero-order valence-corrected chi connectivity index (χ0v) is 18.7. The van der Waals surface area contributed by atoms with Gasteiger partial charge in [0, 0.05) is 38.2 Å². The van der Waals surface area contributed by atoms with Crippen molar-refractivity contribution in [1.82, 2.24) is 15.1 Å². The molecule has 2 aliphatic heterocycles. The van der Waals surface area contributed by atoms with E-state index in [0.717, 1.165) is 44.8 Å². The molecule has 0 aromatic heterocycles. The lowest BCUT2D eigenvalue weighted by Crippen LogP contribution is -2.40. The van der Waals surface area contributed by atoms with Gasteiger partial charge in [0.25, 0.3) is 0 Å². The largest absolute Gasteiger partial charge is 0.355 e. The van der Waals surface area contributed by atoms with E-state index in [4.69, 9.17) is 0 Å². The van der Waals surface area contributed by atoms with E-state index >= 15 is 0 Å². The molecule has 0 radical (unpaired) electrons. The molecule has 2 heterocycles. The highest BCUT2D eigenvalue weighted by Gasteiger charge is 2.24. The van der Waals surface area contributed by atoms with Gasteiger partial charge in [-0.2, -0.15) is 0 Å². The van der Waals surface area contributed by atoms with E-state index in [9.17, 15) is 9.59 Å². The van der Waals surface area contributed by atoms with E-state index in [1.165, 1.54) is 44.7 Å². The van der Waals surface area contributed by atoms with Crippen molar-refractivity contribution >= 4 is 17.5 Å². The molecule has 2 amide bonds. The number of nitrogens with zero attached hydrogens (tertiary/aromatic N) is 2. The van der Waals surface area contributed by atoms with E-state index < -0.39 is 0 Å². The normalized spacial score (nSPS) is 20.9. The summed E-state index contributed by atoms with van der Waals surface area (Å²) in [6.45, 7) is 9.92. The Morgan fingerprint density at radius 3 is 2.47 bits per heavy atom. The van der Waals surface area contributed by atoms with Crippen LogP contribution in [0.25, 0.3) is 0 Å². The van der Waals surface area contributed by atoms with Gasteiger partial charge in [-0.1, -0.05) is 19.1 Å². The van der Waals surface area contributed by atoms with Crippen molar-refractivity contribution in [1.29, 1.82) is 0 Å². The zero-order chi connectivity index (χ0) is 21.3. The molecule has 30 heavy (non-hydrogen) atoms. The Kier molecular flexibility index (Phi) is 8.70. The van der Waals surface area contributed by atoms with Crippen LogP contribution in [-0.4, -0.2) is 60.4 Å². The van der Waals surface area contributed by atoms with Crippen LogP contribution in [0.3, 0.4) is 0 Å². The number of carbonyl (C=O) groups excluding carboxylic acids is 2. The predicted molar refractivity (Wildman–Crippen MR) is 121 cm³/mol. The van der Waals surface area contributed by atoms with Gasteiger partial charge in [-0.3, -0.25) is 19.4 Å². The summed E-state index contributed by atoms with van der Waals surface area (Å²) in [6.07, 6.45) is 6.48. The maximum atomic E-state index is 12.3. The number of benzene rings is 1. The number of hydrogen-bond donors (Lipinski definition) is 2. The van der Waals surface area contributed by atoms with Crippen molar-refractivity contribution in [3.8, 4) is 0 Å². The average molecular weight is 415 g/mol. The summed E-state index contributed by atoms with van der Waals surface area (Å²) in [5.41, 5.74) is 2.12. The fourth-order valence-corrected chi connectivity index (χ4v) is 4.79. The number of hydrogen-bond acceptors (Lipinski definition) is 4. The van der Waals surface area contributed by atoms with Crippen LogP contribution in [0.15, 0.2) is 24.3 Å². The van der Waals surface area contributed by atoms with Crippen molar-refractivity contribution in [3.05, 3.63) is 29.8 Å². The molecule has 0 saturated carbocycles. The van der Waals surface area contributed by atoms with Crippen LogP contribution in [-0.2, 0) is 16.1 Å². The minimum absolute atomic E-state index is 0.0417. The SMILES string of the molecule is CCN1CCC[C@H]1CNC(=O)CCC1CCN(Cc2ccc(NC(C)=O)cc2)CC1. The third-order valence-electron chi connectivity index (χ3n) is 6.61. The van der Waals surface area contributed by atoms with Gasteiger partial charge in [-0.15, -0.1) is 0 Å². The fraction of sp³-hybridized carbons (Fsp3) is 0.667. The lowest BCUT2D eigenvalue weighted by atomic mass is 9.92. The molecule has 6 heteroatoms. The maximum Gasteiger partial charge on any atom is 0.221 e. The Balaban J connectivity index is 1.30. The molecular weight excluding hydrogens is 376 g/mol. The van der Waals surface area contributed by atoms with E-state index in [1.54, 1.807) is 0 Å². The Morgan fingerprint density at radius 1 is 1.07 bits per heavy atom. The Bertz CT molecular complexity index is 683. The van der Waals surface area contributed by atoms with Gasteiger partial charge in [-0.05, 0) is 81.9 Å². The molecule has 6 nitrogen and oxygen atoms in total. The lowest BCUT2D eigenvalue weighted by Gasteiger charge is -2.32. The summed E-state index contributed by atoms with van der Waals surface area (Å²) >= 11 is 0. The molecule has 0 aliphatic carbocycles. The molecule has 1 atom stereocenters.